The summed E-state index contributed by atoms with van der Waals surface area (Å²) in [6.07, 6.45) is 0. The van der Waals surface area contributed by atoms with Crippen LogP contribution in [0.2, 0.25) is 0 Å². The molecule has 0 aliphatic rings. The summed E-state index contributed by atoms with van der Waals surface area (Å²) in [5.74, 6) is 0.930. The van der Waals surface area contributed by atoms with E-state index in [1.54, 1.807) is 0 Å². The van der Waals surface area contributed by atoms with Crippen LogP contribution in [0.1, 0.15) is 11.3 Å². The summed E-state index contributed by atoms with van der Waals surface area (Å²) in [5.41, 5.74) is 1.24. The molecule has 1 aromatic heterocycles. The minimum absolute atomic E-state index is 0.729. The smallest absolute Gasteiger partial charge is 0.169 e. The Balaban J connectivity index is 1.87. The van der Waals surface area contributed by atoms with Crippen molar-refractivity contribution < 1.29 is 4.42 Å². The van der Waals surface area contributed by atoms with Crippen LogP contribution in [0, 0.1) is 0 Å². The lowest BCUT2D eigenvalue weighted by molar-refractivity contribution is 0.465. The van der Waals surface area contributed by atoms with Gasteiger partial charge in [0.15, 0.2) is 4.67 Å². The topological polar surface area (TPSA) is 25.2 Å². The lowest BCUT2D eigenvalue weighted by Crippen LogP contribution is -2.12. The van der Waals surface area contributed by atoms with Gasteiger partial charge in [-0.25, -0.2) is 0 Å². The fraction of sp³-hybridized carbons (Fsp3) is 0.167. The van der Waals surface area contributed by atoms with E-state index in [1.807, 2.05) is 30.3 Å². The van der Waals surface area contributed by atoms with Crippen molar-refractivity contribution in [1.29, 1.82) is 0 Å². The molecule has 2 aromatic rings. The van der Waals surface area contributed by atoms with Crippen LogP contribution >= 0.6 is 31.9 Å². The van der Waals surface area contributed by atoms with Gasteiger partial charge in [-0.3, -0.25) is 0 Å². The first-order valence-corrected chi connectivity index (χ1v) is 6.52. The molecule has 84 valence electrons. The number of halogens is 2. The number of furan rings is 1. The van der Waals surface area contributed by atoms with Gasteiger partial charge in [-0.05, 0) is 39.7 Å². The molecular weight excluding hydrogens is 334 g/mol. The minimum atomic E-state index is 0.729. The third-order valence-electron chi connectivity index (χ3n) is 2.20. The van der Waals surface area contributed by atoms with E-state index in [-0.39, 0.29) is 0 Å². The molecule has 16 heavy (non-hydrogen) atoms. The van der Waals surface area contributed by atoms with Crippen LogP contribution in [-0.2, 0) is 13.1 Å². The SMILES string of the molecule is Brc1ccc(CNCc2ccccc2Br)o1. The second-order valence-electron chi connectivity index (χ2n) is 3.40. The predicted molar refractivity (Wildman–Crippen MR) is 71.1 cm³/mol. The van der Waals surface area contributed by atoms with Gasteiger partial charge in [0.2, 0.25) is 0 Å². The van der Waals surface area contributed by atoms with Crippen molar-refractivity contribution in [3.05, 3.63) is 56.9 Å². The Kier molecular flexibility index (Phi) is 4.21. The largest absolute Gasteiger partial charge is 0.453 e. The Morgan fingerprint density at radius 1 is 1.00 bits per heavy atom. The lowest BCUT2D eigenvalue weighted by atomic mass is 10.2. The molecule has 0 aliphatic heterocycles. The molecule has 2 rings (SSSR count). The van der Waals surface area contributed by atoms with Crippen molar-refractivity contribution in [3.63, 3.8) is 0 Å². The zero-order chi connectivity index (χ0) is 11.4. The molecular formula is C12H11Br2NO. The van der Waals surface area contributed by atoms with Crippen molar-refractivity contribution in [2.45, 2.75) is 13.1 Å². The summed E-state index contributed by atoms with van der Waals surface area (Å²) < 4.78 is 7.29. The molecule has 1 N–H and O–H groups in total. The summed E-state index contributed by atoms with van der Waals surface area (Å²) >= 11 is 6.79. The molecule has 0 atom stereocenters. The zero-order valence-corrected chi connectivity index (χ0v) is 11.7. The first-order valence-electron chi connectivity index (χ1n) is 4.94. The van der Waals surface area contributed by atoms with Crippen LogP contribution in [0.25, 0.3) is 0 Å². The normalized spacial score (nSPS) is 10.6. The van der Waals surface area contributed by atoms with Crippen LogP contribution in [-0.4, -0.2) is 0 Å². The van der Waals surface area contributed by atoms with Gasteiger partial charge >= 0.3 is 0 Å². The van der Waals surface area contributed by atoms with Gasteiger partial charge in [-0.15, -0.1) is 0 Å². The average Bonchev–Trinajstić information content (AvgIpc) is 2.67. The second-order valence-corrected chi connectivity index (χ2v) is 5.04. The quantitative estimate of drug-likeness (QED) is 0.903. The predicted octanol–water partition coefficient (Wildman–Crippen LogP) is 4.09. The maximum Gasteiger partial charge on any atom is 0.169 e. The summed E-state index contributed by atoms with van der Waals surface area (Å²) in [4.78, 5) is 0. The van der Waals surface area contributed by atoms with Crippen LogP contribution in [0.3, 0.4) is 0 Å². The van der Waals surface area contributed by atoms with E-state index in [4.69, 9.17) is 4.42 Å². The first-order chi connectivity index (χ1) is 7.75. The molecule has 0 fully saturated rings. The fourth-order valence-electron chi connectivity index (χ4n) is 1.41. The van der Waals surface area contributed by atoms with Crippen LogP contribution < -0.4 is 5.32 Å². The van der Waals surface area contributed by atoms with E-state index in [0.29, 0.717) is 0 Å². The van der Waals surface area contributed by atoms with Crippen LogP contribution in [0.4, 0.5) is 0 Å². The summed E-state index contributed by atoms with van der Waals surface area (Å²) in [5, 5.41) is 3.33. The molecule has 0 unspecified atom stereocenters. The van der Waals surface area contributed by atoms with Gasteiger partial charge in [-0.1, -0.05) is 34.1 Å². The molecule has 0 radical (unpaired) electrons. The van der Waals surface area contributed by atoms with E-state index >= 15 is 0 Å². The van der Waals surface area contributed by atoms with Crippen molar-refractivity contribution in [3.8, 4) is 0 Å². The summed E-state index contributed by atoms with van der Waals surface area (Å²) in [6, 6.07) is 12.0. The summed E-state index contributed by atoms with van der Waals surface area (Å²) in [6.45, 7) is 1.55. The highest BCUT2D eigenvalue weighted by molar-refractivity contribution is 9.10. The van der Waals surface area contributed by atoms with E-state index in [1.165, 1.54) is 5.56 Å². The van der Waals surface area contributed by atoms with Gasteiger partial charge in [0, 0.05) is 11.0 Å². The summed E-state index contributed by atoms with van der Waals surface area (Å²) in [7, 11) is 0. The molecule has 1 heterocycles. The number of rotatable bonds is 4. The highest BCUT2D eigenvalue weighted by atomic mass is 79.9. The van der Waals surface area contributed by atoms with Gasteiger partial charge in [0.05, 0.1) is 6.54 Å². The Morgan fingerprint density at radius 2 is 1.81 bits per heavy atom. The third-order valence-corrected chi connectivity index (χ3v) is 3.40. The van der Waals surface area contributed by atoms with E-state index in [0.717, 1.165) is 28.0 Å². The van der Waals surface area contributed by atoms with Gasteiger partial charge < -0.3 is 9.73 Å². The van der Waals surface area contributed by atoms with Crippen molar-refractivity contribution in [2.75, 3.05) is 0 Å². The highest BCUT2D eigenvalue weighted by Crippen LogP contribution is 2.16. The molecule has 0 saturated heterocycles. The van der Waals surface area contributed by atoms with Crippen LogP contribution in [0.15, 0.2) is 50.0 Å². The Morgan fingerprint density at radius 3 is 2.50 bits per heavy atom. The highest BCUT2D eigenvalue weighted by Gasteiger charge is 2.00. The van der Waals surface area contributed by atoms with Crippen molar-refractivity contribution in [2.24, 2.45) is 0 Å². The van der Waals surface area contributed by atoms with Gasteiger partial charge in [0.1, 0.15) is 5.76 Å². The van der Waals surface area contributed by atoms with Gasteiger partial charge in [0.25, 0.3) is 0 Å². The molecule has 0 spiro atoms. The number of hydrogen-bond donors (Lipinski definition) is 1. The first kappa shape index (κ1) is 11.9. The molecule has 0 bridgehead atoms. The van der Waals surface area contributed by atoms with E-state index < -0.39 is 0 Å². The number of nitrogens with one attached hydrogen (secondary N) is 1. The fourth-order valence-corrected chi connectivity index (χ4v) is 2.17. The van der Waals surface area contributed by atoms with Crippen molar-refractivity contribution >= 4 is 31.9 Å². The van der Waals surface area contributed by atoms with Gasteiger partial charge in [-0.2, -0.15) is 0 Å². The number of hydrogen-bond acceptors (Lipinski definition) is 2. The average molecular weight is 345 g/mol. The maximum absolute atomic E-state index is 5.39. The second kappa shape index (κ2) is 5.66. The Labute approximate surface area is 111 Å². The molecule has 4 heteroatoms. The van der Waals surface area contributed by atoms with E-state index in [2.05, 4.69) is 43.2 Å². The maximum atomic E-state index is 5.39. The molecule has 0 aliphatic carbocycles. The van der Waals surface area contributed by atoms with E-state index in [9.17, 15) is 0 Å². The molecule has 0 amide bonds. The molecule has 2 nitrogen and oxygen atoms in total. The molecule has 1 aromatic carbocycles. The Hall–Kier alpha value is -0.580. The standard InChI is InChI=1S/C12H11Br2NO/c13-11-4-2-1-3-9(11)7-15-8-10-5-6-12(14)16-10/h1-6,15H,7-8H2. The van der Waals surface area contributed by atoms with Crippen LogP contribution in [0.5, 0.6) is 0 Å². The lowest BCUT2D eigenvalue weighted by Gasteiger charge is -2.04. The Bertz CT molecular complexity index is 468. The third kappa shape index (κ3) is 3.20. The van der Waals surface area contributed by atoms with Crippen molar-refractivity contribution in [1.82, 2.24) is 5.32 Å². The zero-order valence-electron chi connectivity index (χ0n) is 8.54. The number of benzene rings is 1. The monoisotopic (exact) mass is 343 g/mol. The minimum Gasteiger partial charge on any atom is -0.453 e. The molecule has 0 saturated carbocycles.